The fourth-order valence-electron chi connectivity index (χ4n) is 3.11. The van der Waals surface area contributed by atoms with Crippen molar-refractivity contribution in [1.29, 1.82) is 0 Å². The summed E-state index contributed by atoms with van der Waals surface area (Å²) in [6.45, 7) is 12.4. The van der Waals surface area contributed by atoms with Crippen molar-refractivity contribution in [2.75, 3.05) is 19.8 Å². The van der Waals surface area contributed by atoms with Crippen molar-refractivity contribution in [3.8, 4) is 0 Å². The molecule has 0 rings (SSSR count). The van der Waals surface area contributed by atoms with E-state index < -0.39 is 5.97 Å². The average Bonchev–Trinajstić information content (AvgIpc) is 2.48. The number of hydrogen-bond donors (Lipinski definition) is 0. The standard InChI is InChI=1S/C19H40O3/c1-6-11-12-13-14-16-18(15-7-2)17-19(20-8-3,21-9-4)22-10-5/h18H,6-17H2,1-5H3. The Labute approximate surface area is 139 Å². The van der Waals surface area contributed by atoms with E-state index in [-0.39, 0.29) is 0 Å². The van der Waals surface area contributed by atoms with Gasteiger partial charge in [-0.05, 0) is 26.7 Å². The van der Waals surface area contributed by atoms with Crippen LogP contribution in [-0.4, -0.2) is 25.8 Å². The second-order valence-corrected chi connectivity index (χ2v) is 6.04. The Kier molecular flexibility index (Phi) is 14.4. The van der Waals surface area contributed by atoms with E-state index in [0.717, 1.165) is 6.42 Å². The predicted octanol–water partition coefficient (Wildman–Crippen LogP) is 5.92. The van der Waals surface area contributed by atoms with Crippen LogP contribution >= 0.6 is 0 Å². The van der Waals surface area contributed by atoms with E-state index in [1.807, 2.05) is 20.8 Å². The number of unbranched alkanes of at least 4 members (excludes halogenated alkanes) is 4. The van der Waals surface area contributed by atoms with Gasteiger partial charge in [-0.15, -0.1) is 0 Å². The summed E-state index contributed by atoms with van der Waals surface area (Å²) in [6, 6.07) is 0. The van der Waals surface area contributed by atoms with Gasteiger partial charge in [0.15, 0.2) is 0 Å². The van der Waals surface area contributed by atoms with Crippen LogP contribution < -0.4 is 0 Å². The highest BCUT2D eigenvalue weighted by Crippen LogP contribution is 2.30. The van der Waals surface area contributed by atoms with Crippen LogP contribution in [0.25, 0.3) is 0 Å². The van der Waals surface area contributed by atoms with Crippen molar-refractivity contribution in [2.24, 2.45) is 5.92 Å². The van der Waals surface area contributed by atoms with Crippen LogP contribution in [0.4, 0.5) is 0 Å². The van der Waals surface area contributed by atoms with E-state index in [2.05, 4.69) is 13.8 Å². The molecule has 0 aromatic carbocycles. The molecule has 0 aliphatic heterocycles. The molecule has 0 aliphatic rings. The predicted molar refractivity (Wildman–Crippen MR) is 94.0 cm³/mol. The number of hydrogen-bond acceptors (Lipinski definition) is 3. The third-order valence-electron chi connectivity index (χ3n) is 4.04. The zero-order valence-corrected chi connectivity index (χ0v) is 15.8. The lowest BCUT2D eigenvalue weighted by Crippen LogP contribution is -2.41. The van der Waals surface area contributed by atoms with E-state index in [4.69, 9.17) is 14.2 Å². The monoisotopic (exact) mass is 316 g/mol. The molecule has 0 N–H and O–H groups in total. The lowest BCUT2D eigenvalue weighted by molar-refractivity contribution is -0.384. The Morgan fingerprint density at radius 2 is 1.18 bits per heavy atom. The number of rotatable bonds is 16. The minimum atomic E-state index is -0.832. The highest BCUT2D eigenvalue weighted by Gasteiger charge is 2.35. The van der Waals surface area contributed by atoms with E-state index in [1.54, 1.807) is 0 Å². The Bertz CT molecular complexity index is 214. The minimum Gasteiger partial charge on any atom is -0.328 e. The first-order chi connectivity index (χ1) is 10.7. The minimum absolute atomic E-state index is 0.620. The summed E-state index contributed by atoms with van der Waals surface area (Å²) in [5, 5.41) is 0. The second kappa shape index (κ2) is 14.5. The average molecular weight is 317 g/mol. The molecule has 0 aliphatic carbocycles. The molecule has 0 bridgehead atoms. The largest absolute Gasteiger partial charge is 0.328 e. The Hall–Kier alpha value is -0.120. The summed E-state index contributed by atoms with van der Waals surface area (Å²) >= 11 is 0. The first-order valence-corrected chi connectivity index (χ1v) is 9.59. The molecular weight excluding hydrogens is 276 g/mol. The maximum Gasteiger partial charge on any atom is 0.283 e. The second-order valence-electron chi connectivity index (χ2n) is 6.04. The zero-order chi connectivity index (χ0) is 16.7. The Morgan fingerprint density at radius 1 is 0.636 bits per heavy atom. The molecule has 0 heterocycles. The van der Waals surface area contributed by atoms with Crippen molar-refractivity contribution in [3.63, 3.8) is 0 Å². The summed E-state index contributed by atoms with van der Waals surface area (Å²) in [4.78, 5) is 0. The molecule has 0 amide bonds. The van der Waals surface area contributed by atoms with Gasteiger partial charge >= 0.3 is 0 Å². The summed E-state index contributed by atoms with van der Waals surface area (Å²) < 4.78 is 17.7. The molecule has 0 aromatic rings. The molecule has 0 fully saturated rings. The molecule has 0 spiro atoms. The van der Waals surface area contributed by atoms with Crippen LogP contribution in [0.3, 0.4) is 0 Å². The molecule has 1 atom stereocenters. The first kappa shape index (κ1) is 21.9. The highest BCUT2D eigenvalue weighted by molar-refractivity contribution is 4.68. The van der Waals surface area contributed by atoms with Crippen LogP contribution in [0.15, 0.2) is 0 Å². The first-order valence-electron chi connectivity index (χ1n) is 9.59. The van der Waals surface area contributed by atoms with Crippen LogP contribution in [0.5, 0.6) is 0 Å². The summed E-state index contributed by atoms with van der Waals surface area (Å²) in [5.41, 5.74) is 0. The van der Waals surface area contributed by atoms with Gasteiger partial charge in [0.25, 0.3) is 5.97 Å². The van der Waals surface area contributed by atoms with Crippen molar-refractivity contribution in [2.45, 2.75) is 98.4 Å². The van der Waals surface area contributed by atoms with E-state index in [1.165, 1.54) is 51.4 Å². The van der Waals surface area contributed by atoms with Crippen molar-refractivity contribution < 1.29 is 14.2 Å². The molecule has 3 nitrogen and oxygen atoms in total. The lowest BCUT2D eigenvalue weighted by Gasteiger charge is -2.35. The van der Waals surface area contributed by atoms with Gasteiger partial charge < -0.3 is 14.2 Å². The van der Waals surface area contributed by atoms with Gasteiger partial charge in [-0.25, -0.2) is 0 Å². The molecule has 134 valence electrons. The topological polar surface area (TPSA) is 27.7 Å². The molecule has 0 aromatic heterocycles. The van der Waals surface area contributed by atoms with Crippen LogP contribution in [0.2, 0.25) is 0 Å². The van der Waals surface area contributed by atoms with Crippen LogP contribution in [-0.2, 0) is 14.2 Å². The maximum absolute atomic E-state index is 5.89. The van der Waals surface area contributed by atoms with Gasteiger partial charge in [0.05, 0.1) is 0 Å². The van der Waals surface area contributed by atoms with Gasteiger partial charge in [0, 0.05) is 26.2 Å². The Balaban J connectivity index is 4.53. The smallest absolute Gasteiger partial charge is 0.283 e. The van der Waals surface area contributed by atoms with Crippen molar-refractivity contribution in [1.82, 2.24) is 0 Å². The van der Waals surface area contributed by atoms with Gasteiger partial charge in [0.2, 0.25) is 0 Å². The lowest BCUT2D eigenvalue weighted by atomic mass is 9.92. The number of ether oxygens (including phenoxy) is 3. The zero-order valence-electron chi connectivity index (χ0n) is 15.8. The van der Waals surface area contributed by atoms with Gasteiger partial charge in [-0.2, -0.15) is 0 Å². The van der Waals surface area contributed by atoms with Gasteiger partial charge in [-0.1, -0.05) is 65.2 Å². The van der Waals surface area contributed by atoms with Gasteiger partial charge in [0.1, 0.15) is 0 Å². The third kappa shape index (κ3) is 9.81. The summed E-state index contributed by atoms with van der Waals surface area (Å²) in [6.07, 6.45) is 11.2. The maximum atomic E-state index is 5.89. The van der Waals surface area contributed by atoms with Crippen LogP contribution in [0, 0.1) is 5.92 Å². The summed E-state index contributed by atoms with van der Waals surface area (Å²) in [7, 11) is 0. The van der Waals surface area contributed by atoms with Crippen molar-refractivity contribution in [3.05, 3.63) is 0 Å². The quantitative estimate of drug-likeness (QED) is 0.261. The fraction of sp³-hybridized carbons (Fsp3) is 1.00. The normalized spacial score (nSPS) is 13.5. The van der Waals surface area contributed by atoms with Crippen LogP contribution in [0.1, 0.15) is 92.4 Å². The van der Waals surface area contributed by atoms with Gasteiger partial charge in [-0.3, -0.25) is 0 Å². The molecule has 0 saturated carbocycles. The molecule has 1 unspecified atom stereocenters. The SMILES string of the molecule is CCCCCCCC(CCC)CC(OCC)(OCC)OCC. The molecule has 22 heavy (non-hydrogen) atoms. The van der Waals surface area contributed by atoms with E-state index in [0.29, 0.717) is 25.7 Å². The molecule has 0 saturated heterocycles. The Morgan fingerprint density at radius 3 is 1.64 bits per heavy atom. The fourth-order valence-corrected chi connectivity index (χ4v) is 3.11. The highest BCUT2D eigenvalue weighted by atomic mass is 16.9. The third-order valence-corrected chi connectivity index (χ3v) is 4.04. The van der Waals surface area contributed by atoms with Crippen molar-refractivity contribution >= 4 is 0 Å². The molecular formula is C19H40O3. The van der Waals surface area contributed by atoms with E-state index in [9.17, 15) is 0 Å². The van der Waals surface area contributed by atoms with E-state index >= 15 is 0 Å². The summed E-state index contributed by atoms with van der Waals surface area (Å²) in [5.74, 6) is -0.210. The molecule has 3 heteroatoms. The molecule has 0 radical (unpaired) electrons.